The van der Waals surface area contributed by atoms with Gasteiger partial charge < -0.3 is 9.73 Å². The number of rotatable bonds is 5. The van der Waals surface area contributed by atoms with E-state index >= 15 is 0 Å². The van der Waals surface area contributed by atoms with Crippen LogP contribution in [0.3, 0.4) is 0 Å². The van der Waals surface area contributed by atoms with Gasteiger partial charge in [0.2, 0.25) is 5.91 Å². The van der Waals surface area contributed by atoms with E-state index in [-0.39, 0.29) is 24.4 Å². The van der Waals surface area contributed by atoms with Crippen molar-refractivity contribution in [2.24, 2.45) is 5.92 Å². The van der Waals surface area contributed by atoms with Gasteiger partial charge in [0.05, 0.1) is 11.6 Å². The van der Waals surface area contributed by atoms with Gasteiger partial charge in [0.15, 0.2) is 5.58 Å². The molecule has 1 aromatic carbocycles. The van der Waals surface area contributed by atoms with Crippen molar-refractivity contribution in [3.8, 4) is 0 Å². The number of hydrogen-bond acceptors (Lipinski definition) is 4. The maximum atomic E-state index is 12.4. The summed E-state index contributed by atoms with van der Waals surface area (Å²) in [5.74, 6) is -0.564. The molecular formula is C17H17ClN2O3S. The average Bonchev–Trinajstić information content (AvgIpc) is 3.13. The molecule has 0 saturated heterocycles. The molecule has 126 valence electrons. The number of oxazole rings is 1. The van der Waals surface area contributed by atoms with Crippen molar-refractivity contribution >= 4 is 39.9 Å². The number of aromatic nitrogens is 1. The SMILES string of the molecule is CC(C)C(NC(=O)Cn1c(=O)oc2cc(Cl)ccc21)c1cccs1. The lowest BCUT2D eigenvalue weighted by Gasteiger charge is -2.21. The lowest BCUT2D eigenvalue weighted by atomic mass is 10.0. The van der Waals surface area contributed by atoms with Crippen LogP contribution in [0.15, 0.2) is 44.9 Å². The van der Waals surface area contributed by atoms with E-state index in [1.165, 1.54) is 4.57 Å². The first-order valence-corrected chi connectivity index (χ1v) is 8.83. The molecule has 1 unspecified atom stereocenters. The van der Waals surface area contributed by atoms with Gasteiger partial charge in [-0.25, -0.2) is 4.79 Å². The van der Waals surface area contributed by atoms with Crippen molar-refractivity contribution in [2.45, 2.75) is 26.4 Å². The van der Waals surface area contributed by atoms with E-state index in [4.69, 9.17) is 16.0 Å². The highest BCUT2D eigenvalue weighted by Gasteiger charge is 2.20. The van der Waals surface area contributed by atoms with Crippen LogP contribution in [-0.2, 0) is 11.3 Å². The van der Waals surface area contributed by atoms with Gasteiger partial charge in [-0.2, -0.15) is 0 Å². The molecule has 3 aromatic rings. The fraction of sp³-hybridized carbons (Fsp3) is 0.294. The number of amides is 1. The van der Waals surface area contributed by atoms with Gasteiger partial charge in [0, 0.05) is 16.0 Å². The van der Waals surface area contributed by atoms with E-state index in [1.807, 2.05) is 31.4 Å². The van der Waals surface area contributed by atoms with Gasteiger partial charge >= 0.3 is 5.76 Å². The first-order valence-electron chi connectivity index (χ1n) is 7.57. The molecule has 5 nitrogen and oxygen atoms in total. The Morgan fingerprint density at radius 3 is 2.83 bits per heavy atom. The first kappa shape index (κ1) is 16.8. The number of carbonyl (C=O) groups is 1. The summed E-state index contributed by atoms with van der Waals surface area (Å²) >= 11 is 7.50. The van der Waals surface area contributed by atoms with Gasteiger partial charge in [-0.05, 0) is 29.5 Å². The Balaban J connectivity index is 1.82. The number of thiophene rings is 1. The Morgan fingerprint density at radius 2 is 2.17 bits per heavy atom. The second kappa shape index (κ2) is 6.83. The monoisotopic (exact) mass is 364 g/mol. The molecule has 0 aliphatic carbocycles. The average molecular weight is 365 g/mol. The Labute approximate surface area is 147 Å². The van der Waals surface area contributed by atoms with E-state index in [2.05, 4.69) is 5.32 Å². The summed E-state index contributed by atoms with van der Waals surface area (Å²) in [7, 11) is 0. The van der Waals surface area contributed by atoms with Crippen molar-refractivity contribution in [1.29, 1.82) is 0 Å². The van der Waals surface area contributed by atoms with Crippen molar-refractivity contribution in [1.82, 2.24) is 9.88 Å². The van der Waals surface area contributed by atoms with Crippen LogP contribution in [0.4, 0.5) is 0 Å². The van der Waals surface area contributed by atoms with Crippen LogP contribution >= 0.6 is 22.9 Å². The number of nitrogens with one attached hydrogen (secondary N) is 1. The maximum Gasteiger partial charge on any atom is 0.420 e. The molecule has 0 saturated carbocycles. The van der Waals surface area contributed by atoms with Gasteiger partial charge in [-0.3, -0.25) is 9.36 Å². The van der Waals surface area contributed by atoms with Gasteiger partial charge in [-0.1, -0.05) is 31.5 Å². The van der Waals surface area contributed by atoms with E-state index in [1.54, 1.807) is 29.5 Å². The summed E-state index contributed by atoms with van der Waals surface area (Å²) in [6, 6.07) is 8.78. The molecule has 1 N–H and O–H groups in total. The first-order chi connectivity index (χ1) is 11.5. The summed E-state index contributed by atoms with van der Waals surface area (Å²) in [5.41, 5.74) is 0.927. The third-order valence-corrected chi connectivity index (χ3v) is 4.96. The molecule has 24 heavy (non-hydrogen) atoms. The lowest BCUT2D eigenvalue weighted by molar-refractivity contribution is -0.122. The number of hydrogen-bond donors (Lipinski definition) is 1. The van der Waals surface area contributed by atoms with Crippen LogP contribution in [0.25, 0.3) is 11.1 Å². The smallest absolute Gasteiger partial charge is 0.408 e. The summed E-state index contributed by atoms with van der Waals surface area (Å²) in [4.78, 5) is 25.6. The fourth-order valence-corrected chi connectivity index (χ4v) is 3.70. The number of fused-ring (bicyclic) bond motifs is 1. The summed E-state index contributed by atoms with van der Waals surface area (Å²) < 4.78 is 6.46. The molecule has 1 atom stereocenters. The molecule has 0 bridgehead atoms. The molecule has 0 spiro atoms. The number of benzene rings is 1. The highest BCUT2D eigenvalue weighted by molar-refractivity contribution is 7.10. The Kier molecular flexibility index (Phi) is 4.78. The van der Waals surface area contributed by atoms with Crippen LogP contribution in [0.1, 0.15) is 24.8 Å². The molecule has 1 amide bonds. The molecule has 0 aliphatic heterocycles. The molecule has 2 aromatic heterocycles. The minimum Gasteiger partial charge on any atom is -0.408 e. The van der Waals surface area contributed by atoms with Crippen LogP contribution in [0.2, 0.25) is 5.02 Å². The standard InChI is InChI=1S/C17H17ClN2O3S/c1-10(2)16(14-4-3-7-24-14)19-15(21)9-20-12-6-5-11(18)8-13(12)23-17(20)22/h3-8,10,16H,9H2,1-2H3,(H,19,21). The van der Waals surface area contributed by atoms with Crippen molar-refractivity contribution in [2.75, 3.05) is 0 Å². The topological polar surface area (TPSA) is 64.2 Å². The number of nitrogens with zero attached hydrogens (tertiary/aromatic N) is 1. The third kappa shape index (κ3) is 3.39. The van der Waals surface area contributed by atoms with E-state index in [0.717, 1.165) is 4.88 Å². The predicted octanol–water partition coefficient (Wildman–Crippen LogP) is 3.82. The summed E-state index contributed by atoms with van der Waals surface area (Å²) in [6.45, 7) is 4.00. The molecule has 0 radical (unpaired) electrons. The van der Waals surface area contributed by atoms with Crippen molar-refractivity contribution < 1.29 is 9.21 Å². The van der Waals surface area contributed by atoms with Gasteiger partial charge in [0.1, 0.15) is 6.54 Å². The van der Waals surface area contributed by atoms with Crippen LogP contribution in [0, 0.1) is 5.92 Å². The zero-order chi connectivity index (χ0) is 17.3. The Morgan fingerprint density at radius 1 is 1.38 bits per heavy atom. The third-order valence-electron chi connectivity index (χ3n) is 3.76. The minimum atomic E-state index is -0.570. The molecule has 2 heterocycles. The molecular weight excluding hydrogens is 348 g/mol. The van der Waals surface area contributed by atoms with Crippen molar-refractivity contribution in [3.05, 3.63) is 56.2 Å². The zero-order valence-electron chi connectivity index (χ0n) is 13.3. The van der Waals surface area contributed by atoms with Crippen LogP contribution in [-0.4, -0.2) is 10.5 Å². The Bertz CT molecular complexity index is 912. The van der Waals surface area contributed by atoms with E-state index in [9.17, 15) is 9.59 Å². The molecule has 0 aliphatic rings. The summed E-state index contributed by atoms with van der Waals surface area (Å²) in [5, 5.41) is 5.46. The second-order valence-electron chi connectivity index (χ2n) is 5.87. The highest BCUT2D eigenvalue weighted by atomic mass is 35.5. The highest BCUT2D eigenvalue weighted by Crippen LogP contribution is 2.26. The fourth-order valence-electron chi connectivity index (χ4n) is 2.59. The van der Waals surface area contributed by atoms with Crippen LogP contribution in [0.5, 0.6) is 0 Å². The quantitative estimate of drug-likeness (QED) is 0.748. The van der Waals surface area contributed by atoms with Crippen LogP contribution < -0.4 is 11.1 Å². The van der Waals surface area contributed by atoms with E-state index in [0.29, 0.717) is 16.1 Å². The number of halogens is 1. The lowest BCUT2D eigenvalue weighted by Crippen LogP contribution is -2.35. The normalized spacial score (nSPS) is 12.7. The number of carbonyl (C=O) groups excluding carboxylic acids is 1. The van der Waals surface area contributed by atoms with E-state index < -0.39 is 5.76 Å². The maximum absolute atomic E-state index is 12.4. The minimum absolute atomic E-state index is 0.0826. The predicted molar refractivity (Wildman–Crippen MR) is 95.5 cm³/mol. The molecule has 0 fully saturated rings. The second-order valence-corrected chi connectivity index (χ2v) is 7.29. The summed E-state index contributed by atoms with van der Waals surface area (Å²) in [6.07, 6.45) is 0. The largest absolute Gasteiger partial charge is 0.420 e. The molecule has 3 rings (SSSR count). The van der Waals surface area contributed by atoms with Crippen molar-refractivity contribution in [3.63, 3.8) is 0 Å². The Hall–Kier alpha value is -2.05. The van der Waals surface area contributed by atoms with Gasteiger partial charge in [0.25, 0.3) is 0 Å². The molecule has 7 heteroatoms. The van der Waals surface area contributed by atoms with Gasteiger partial charge in [-0.15, -0.1) is 11.3 Å². The zero-order valence-corrected chi connectivity index (χ0v) is 14.9.